The molecule has 0 aliphatic rings. The van der Waals surface area contributed by atoms with Gasteiger partial charge in [0.25, 0.3) is 0 Å². The Labute approximate surface area is 104 Å². The number of aromatic nitrogens is 4. The Hall–Kier alpha value is -2.21. The average Bonchev–Trinajstić information content (AvgIpc) is 3.00. The summed E-state index contributed by atoms with van der Waals surface area (Å²) in [5.74, 6) is 1.63. The molecule has 2 aromatic heterocycles. The fourth-order valence-corrected chi connectivity index (χ4v) is 1.91. The van der Waals surface area contributed by atoms with Gasteiger partial charge in [-0.3, -0.25) is 0 Å². The van der Waals surface area contributed by atoms with Crippen LogP contribution in [-0.4, -0.2) is 19.7 Å². The van der Waals surface area contributed by atoms with E-state index in [9.17, 15) is 0 Å². The van der Waals surface area contributed by atoms with Gasteiger partial charge in [0.1, 0.15) is 5.82 Å². The van der Waals surface area contributed by atoms with Gasteiger partial charge < -0.3 is 14.4 Å². The summed E-state index contributed by atoms with van der Waals surface area (Å²) in [6.45, 7) is 1.24. The first-order valence-corrected chi connectivity index (χ1v) is 5.71. The number of hydrogen-bond acceptors (Lipinski definition) is 5. The van der Waals surface area contributed by atoms with E-state index in [0.717, 1.165) is 16.9 Å². The minimum absolute atomic E-state index is 0.569. The van der Waals surface area contributed by atoms with Crippen LogP contribution in [0.1, 0.15) is 11.6 Å². The van der Waals surface area contributed by atoms with Gasteiger partial charge in [0, 0.05) is 7.05 Å². The zero-order chi connectivity index (χ0) is 12.4. The van der Waals surface area contributed by atoms with Gasteiger partial charge in [-0.05, 0) is 12.1 Å². The maximum absolute atomic E-state index is 4.67. The molecule has 0 bridgehead atoms. The van der Waals surface area contributed by atoms with Gasteiger partial charge in [-0.15, -0.1) is 0 Å². The summed E-state index contributed by atoms with van der Waals surface area (Å²) in [7, 11) is 2.01. The molecule has 6 nitrogen and oxygen atoms in total. The number of nitrogens with one attached hydrogen (secondary N) is 1. The van der Waals surface area contributed by atoms with Crippen LogP contribution in [0.3, 0.4) is 0 Å². The predicted molar refractivity (Wildman–Crippen MR) is 65.6 cm³/mol. The van der Waals surface area contributed by atoms with Gasteiger partial charge in [-0.25, -0.2) is 4.98 Å². The molecule has 0 aliphatic carbocycles. The van der Waals surface area contributed by atoms with Crippen LogP contribution in [-0.2, 0) is 20.1 Å². The first kappa shape index (κ1) is 10.9. The summed E-state index contributed by atoms with van der Waals surface area (Å²) >= 11 is 0. The first-order chi connectivity index (χ1) is 8.84. The molecule has 3 aromatic rings. The molecule has 0 aliphatic heterocycles. The molecule has 0 amide bonds. The number of hydrogen-bond donors (Lipinski definition) is 1. The van der Waals surface area contributed by atoms with Crippen molar-refractivity contribution in [1.82, 2.24) is 25.0 Å². The number of fused-ring (bicyclic) bond motifs is 1. The van der Waals surface area contributed by atoms with Crippen LogP contribution < -0.4 is 5.32 Å². The molecule has 0 unspecified atom stereocenters. The van der Waals surface area contributed by atoms with Gasteiger partial charge >= 0.3 is 0 Å². The molecule has 0 saturated carbocycles. The molecule has 0 atom stereocenters. The second-order valence-corrected chi connectivity index (χ2v) is 4.03. The number of nitrogens with zero attached hydrogens (tertiary/aromatic N) is 4. The molecule has 2 heterocycles. The minimum Gasteiger partial charge on any atom is -0.343 e. The molecule has 6 heteroatoms. The molecule has 3 rings (SSSR count). The lowest BCUT2D eigenvalue weighted by atomic mass is 10.3. The van der Waals surface area contributed by atoms with Crippen LogP contribution in [0.25, 0.3) is 11.0 Å². The lowest BCUT2D eigenvalue weighted by Gasteiger charge is -2.02. The maximum Gasteiger partial charge on any atom is 0.213 e. The largest absolute Gasteiger partial charge is 0.343 e. The summed E-state index contributed by atoms with van der Waals surface area (Å²) in [4.78, 5) is 8.51. The zero-order valence-corrected chi connectivity index (χ0v) is 10.00. The van der Waals surface area contributed by atoms with E-state index >= 15 is 0 Å². The van der Waals surface area contributed by atoms with E-state index in [-0.39, 0.29) is 0 Å². The van der Waals surface area contributed by atoms with Crippen molar-refractivity contribution in [2.45, 2.75) is 13.1 Å². The SMILES string of the molecule is Cn1c(CNCc2ncon2)nc2ccccc21. The Morgan fingerprint density at radius 1 is 1.28 bits per heavy atom. The van der Waals surface area contributed by atoms with Crippen molar-refractivity contribution in [3.8, 4) is 0 Å². The highest BCUT2D eigenvalue weighted by molar-refractivity contribution is 5.75. The average molecular weight is 243 g/mol. The van der Waals surface area contributed by atoms with E-state index in [1.54, 1.807) is 0 Å². The lowest BCUT2D eigenvalue weighted by molar-refractivity contribution is 0.407. The quantitative estimate of drug-likeness (QED) is 0.746. The van der Waals surface area contributed by atoms with Crippen molar-refractivity contribution in [2.24, 2.45) is 7.05 Å². The molecule has 0 saturated heterocycles. The second-order valence-electron chi connectivity index (χ2n) is 4.03. The van der Waals surface area contributed by atoms with Crippen molar-refractivity contribution < 1.29 is 4.52 Å². The standard InChI is InChI=1S/C12H13N5O/c1-17-10-5-3-2-4-9(10)15-12(17)7-13-6-11-14-8-18-16-11/h2-5,8,13H,6-7H2,1H3. The van der Waals surface area contributed by atoms with Crippen molar-refractivity contribution in [2.75, 3.05) is 0 Å². The molecule has 0 spiro atoms. The summed E-state index contributed by atoms with van der Waals surface area (Å²) in [6.07, 6.45) is 1.33. The van der Waals surface area contributed by atoms with Gasteiger partial charge in [-0.2, -0.15) is 4.98 Å². The summed E-state index contributed by atoms with van der Waals surface area (Å²) in [5, 5.41) is 6.97. The molecular weight excluding hydrogens is 230 g/mol. The van der Waals surface area contributed by atoms with Crippen LogP contribution in [0.4, 0.5) is 0 Å². The van der Waals surface area contributed by atoms with E-state index < -0.39 is 0 Å². The molecule has 0 fully saturated rings. The number of aryl methyl sites for hydroxylation is 1. The van der Waals surface area contributed by atoms with Crippen molar-refractivity contribution >= 4 is 11.0 Å². The number of para-hydroxylation sites is 2. The van der Waals surface area contributed by atoms with Crippen molar-refractivity contribution in [1.29, 1.82) is 0 Å². The smallest absolute Gasteiger partial charge is 0.213 e. The highest BCUT2D eigenvalue weighted by atomic mass is 16.5. The fraction of sp³-hybridized carbons (Fsp3) is 0.250. The second kappa shape index (κ2) is 4.58. The number of rotatable bonds is 4. The van der Waals surface area contributed by atoms with Gasteiger partial charge in [-0.1, -0.05) is 17.3 Å². The highest BCUT2D eigenvalue weighted by Gasteiger charge is 2.06. The van der Waals surface area contributed by atoms with Gasteiger partial charge in [0.05, 0.1) is 24.1 Å². The number of benzene rings is 1. The Morgan fingerprint density at radius 2 is 2.17 bits per heavy atom. The Kier molecular flexibility index (Phi) is 2.77. The summed E-state index contributed by atoms with van der Waals surface area (Å²) in [5.41, 5.74) is 2.14. The molecular formula is C12H13N5O. The third-order valence-electron chi connectivity index (χ3n) is 2.85. The van der Waals surface area contributed by atoms with E-state index in [4.69, 9.17) is 0 Å². The highest BCUT2D eigenvalue weighted by Crippen LogP contribution is 2.13. The van der Waals surface area contributed by atoms with Crippen LogP contribution in [0.15, 0.2) is 35.2 Å². The zero-order valence-electron chi connectivity index (χ0n) is 10.00. The predicted octanol–water partition coefficient (Wildman–Crippen LogP) is 1.25. The molecule has 1 aromatic carbocycles. The van der Waals surface area contributed by atoms with Crippen molar-refractivity contribution in [3.63, 3.8) is 0 Å². The van der Waals surface area contributed by atoms with Gasteiger partial charge in [0.15, 0.2) is 5.82 Å². The van der Waals surface area contributed by atoms with Crippen LogP contribution in [0.2, 0.25) is 0 Å². The summed E-state index contributed by atoms with van der Waals surface area (Å²) < 4.78 is 6.75. The third kappa shape index (κ3) is 1.98. The van der Waals surface area contributed by atoms with Gasteiger partial charge in [0.2, 0.25) is 6.39 Å². The maximum atomic E-state index is 4.67. The topological polar surface area (TPSA) is 68.8 Å². The van der Waals surface area contributed by atoms with E-state index in [0.29, 0.717) is 18.9 Å². The normalized spacial score (nSPS) is 11.2. The Balaban J connectivity index is 1.73. The minimum atomic E-state index is 0.569. The molecule has 92 valence electrons. The van der Waals surface area contributed by atoms with Crippen LogP contribution >= 0.6 is 0 Å². The fourth-order valence-electron chi connectivity index (χ4n) is 1.91. The van der Waals surface area contributed by atoms with E-state index in [1.165, 1.54) is 6.39 Å². The summed E-state index contributed by atoms with van der Waals surface area (Å²) in [6, 6.07) is 8.08. The molecule has 0 radical (unpaired) electrons. The lowest BCUT2D eigenvalue weighted by Crippen LogP contribution is -2.16. The Morgan fingerprint density at radius 3 is 2.94 bits per heavy atom. The van der Waals surface area contributed by atoms with Crippen LogP contribution in [0, 0.1) is 0 Å². The first-order valence-electron chi connectivity index (χ1n) is 5.71. The van der Waals surface area contributed by atoms with E-state index in [1.807, 2.05) is 25.2 Å². The van der Waals surface area contributed by atoms with Crippen molar-refractivity contribution in [3.05, 3.63) is 42.3 Å². The molecule has 18 heavy (non-hydrogen) atoms. The Bertz CT molecular complexity index is 644. The van der Waals surface area contributed by atoms with E-state index in [2.05, 4.69) is 35.6 Å². The molecule has 1 N–H and O–H groups in total. The number of imidazole rings is 1. The van der Waals surface area contributed by atoms with Crippen LogP contribution in [0.5, 0.6) is 0 Å². The third-order valence-corrected chi connectivity index (χ3v) is 2.85. The monoisotopic (exact) mass is 243 g/mol.